The van der Waals surface area contributed by atoms with Gasteiger partial charge in [-0.1, -0.05) is 12.2 Å². The van der Waals surface area contributed by atoms with Gasteiger partial charge in [0.05, 0.1) is 18.8 Å². The summed E-state index contributed by atoms with van der Waals surface area (Å²) in [4.78, 5) is 3.42. The van der Waals surface area contributed by atoms with Crippen LogP contribution in [-0.4, -0.2) is 29.8 Å². The standard InChI is InChI=1S/C12H13F3N2O2S/c13-12(14,15)9-2-1-8(10(16)20)11(17-9)19-6-7-3-4-18-5-7/h1-2,7H,3-6H2,(H2,16,20). The van der Waals surface area contributed by atoms with E-state index in [-0.39, 0.29) is 29.0 Å². The number of alkyl halides is 3. The maximum atomic E-state index is 12.6. The van der Waals surface area contributed by atoms with Crippen molar-refractivity contribution < 1.29 is 22.6 Å². The lowest BCUT2D eigenvalue weighted by Gasteiger charge is -2.14. The van der Waals surface area contributed by atoms with E-state index in [9.17, 15) is 13.2 Å². The normalized spacial score (nSPS) is 19.1. The molecule has 110 valence electrons. The number of halogens is 3. The van der Waals surface area contributed by atoms with Crippen molar-refractivity contribution in [3.8, 4) is 5.88 Å². The third-order valence-corrected chi connectivity index (χ3v) is 3.12. The van der Waals surface area contributed by atoms with Gasteiger partial charge in [0, 0.05) is 12.5 Å². The SMILES string of the molecule is NC(=S)c1ccc(C(F)(F)F)nc1OCC1CCOC1. The zero-order valence-corrected chi connectivity index (χ0v) is 11.3. The number of aromatic nitrogens is 1. The molecule has 0 radical (unpaired) electrons. The Morgan fingerprint density at radius 1 is 1.50 bits per heavy atom. The highest BCUT2D eigenvalue weighted by molar-refractivity contribution is 7.80. The average Bonchev–Trinajstić information content (AvgIpc) is 2.87. The van der Waals surface area contributed by atoms with Crippen LogP contribution in [0.15, 0.2) is 12.1 Å². The van der Waals surface area contributed by atoms with Crippen LogP contribution in [-0.2, 0) is 10.9 Å². The molecule has 1 aromatic rings. The Kier molecular flexibility index (Phi) is 4.44. The molecule has 1 unspecified atom stereocenters. The number of hydrogen-bond donors (Lipinski definition) is 1. The lowest BCUT2D eigenvalue weighted by Crippen LogP contribution is -2.19. The van der Waals surface area contributed by atoms with Gasteiger partial charge < -0.3 is 15.2 Å². The Morgan fingerprint density at radius 3 is 2.80 bits per heavy atom. The van der Waals surface area contributed by atoms with E-state index in [4.69, 9.17) is 27.4 Å². The lowest BCUT2D eigenvalue weighted by molar-refractivity contribution is -0.141. The molecule has 4 nitrogen and oxygen atoms in total. The zero-order chi connectivity index (χ0) is 14.8. The second-order valence-corrected chi connectivity index (χ2v) is 4.89. The van der Waals surface area contributed by atoms with E-state index in [1.807, 2.05) is 0 Å². The smallest absolute Gasteiger partial charge is 0.433 e. The minimum absolute atomic E-state index is 0.0519. The number of pyridine rings is 1. The maximum Gasteiger partial charge on any atom is 0.433 e. The Balaban J connectivity index is 2.20. The first-order chi connectivity index (χ1) is 9.38. The van der Waals surface area contributed by atoms with Crippen molar-refractivity contribution in [1.29, 1.82) is 0 Å². The summed E-state index contributed by atoms with van der Waals surface area (Å²) in [7, 11) is 0. The van der Waals surface area contributed by atoms with Crippen LogP contribution < -0.4 is 10.5 Å². The summed E-state index contributed by atoms with van der Waals surface area (Å²) in [6.45, 7) is 1.39. The summed E-state index contributed by atoms with van der Waals surface area (Å²) in [6.07, 6.45) is -3.73. The first-order valence-electron chi connectivity index (χ1n) is 5.96. The Labute approximate surface area is 119 Å². The van der Waals surface area contributed by atoms with Gasteiger partial charge in [-0.3, -0.25) is 0 Å². The highest BCUT2D eigenvalue weighted by Crippen LogP contribution is 2.30. The van der Waals surface area contributed by atoms with E-state index in [1.54, 1.807) is 0 Å². The van der Waals surface area contributed by atoms with Gasteiger partial charge in [0.25, 0.3) is 0 Å². The van der Waals surface area contributed by atoms with Crippen LogP contribution in [0, 0.1) is 5.92 Å². The van der Waals surface area contributed by atoms with E-state index in [0.717, 1.165) is 12.5 Å². The molecule has 0 bridgehead atoms. The molecule has 1 aromatic heterocycles. The summed E-state index contributed by atoms with van der Waals surface area (Å²) in [5, 5.41) is 0. The molecule has 2 N–H and O–H groups in total. The van der Waals surface area contributed by atoms with Crippen LogP contribution >= 0.6 is 12.2 Å². The van der Waals surface area contributed by atoms with Crippen LogP contribution in [0.1, 0.15) is 17.7 Å². The summed E-state index contributed by atoms with van der Waals surface area (Å²) < 4.78 is 48.4. The fourth-order valence-corrected chi connectivity index (χ4v) is 1.96. The number of hydrogen-bond acceptors (Lipinski definition) is 4. The molecule has 1 saturated heterocycles. The summed E-state index contributed by atoms with van der Waals surface area (Å²) in [5.41, 5.74) is 4.63. The molecule has 1 fully saturated rings. The summed E-state index contributed by atoms with van der Waals surface area (Å²) in [6, 6.07) is 2.01. The minimum atomic E-state index is -4.54. The predicted molar refractivity (Wildman–Crippen MR) is 69.5 cm³/mol. The minimum Gasteiger partial charge on any atom is -0.477 e. The highest BCUT2D eigenvalue weighted by atomic mass is 32.1. The Morgan fingerprint density at radius 2 is 2.25 bits per heavy atom. The van der Waals surface area contributed by atoms with Crippen molar-refractivity contribution >= 4 is 17.2 Å². The average molecular weight is 306 g/mol. The second-order valence-electron chi connectivity index (χ2n) is 4.45. The van der Waals surface area contributed by atoms with E-state index in [2.05, 4.69) is 4.98 Å². The Hall–Kier alpha value is -1.41. The van der Waals surface area contributed by atoms with Gasteiger partial charge in [0.2, 0.25) is 5.88 Å². The lowest BCUT2D eigenvalue weighted by atomic mass is 10.1. The first kappa shape index (κ1) is 15.0. The molecule has 0 aliphatic carbocycles. The second kappa shape index (κ2) is 5.92. The maximum absolute atomic E-state index is 12.6. The fraction of sp³-hybridized carbons (Fsp3) is 0.500. The molecule has 0 saturated carbocycles. The van der Waals surface area contributed by atoms with Crippen LogP contribution in [0.5, 0.6) is 5.88 Å². The highest BCUT2D eigenvalue weighted by Gasteiger charge is 2.33. The quantitative estimate of drug-likeness (QED) is 0.864. The summed E-state index contributed by atoms with van der Waals surface area (Å²) >= 11 is 4.79. The van der Waals surface area contributed by atoms with Crippen molar-refractivity contribution in [2.75, 3.05) is 19.8 Å². The molecule has 1 aliphatic rings. The van der Waals surface area contributed by atoms with Gasteiger partial charge in [-0.15, -0.1) is 0 Å². The third kappa shape index (κ3) is 3.57. The largest absolute Gasteiger partial charge is 0.477 e. The van der Waals surface area contributed by atoms with E-state index < -0.39 is 11.9 Å². The number of nitrogens with zero attached hydrogens (tertiary/aromatic N) is 1. The van der Waals surface area contributed by atoms with E-state index in [1.165, 1.54) is 6.07 Å². The van der Waals surface area contributed by atoms with Crippen molar-refractivity contribution in [2.24, 2.45) is 11.7 Å². The molecular formula is C12H13F3N2O2S. The molecule has 20 heavy (non-hydrogen) atoms. The first-order valence-corrected chi connectivity index (χ1v) is 6.37. The van der Waals surface area contributed by atoms with Crippen molar-refractivity contribution in [3.05, 3.63) is 23.4 Å². The molecule has 2 heterocycles. The van der Waals surface area contributed by atoms with Crippen molar-refractivity contribution in [2.45, 2.75) is 12.6 Å². The van der Waals surface area contributed by atoms with Gasteiger partial charge in [-0.25, -0.2) is 4.98 Å². The van der Waals surface area contributed by atoms with Crippen molar-refractivity contribution in [1.82, 2.24) is 4.98 Å². The molecule has 0 amide bonds. The molecule has 8 heteroatoms. The predicted octanol–water partition coefficient (Wildman–Crippen LogP) is 2.15. The third-order valence-electron chi connectivity index (χ3n) is 2.90. The van der Waals surface area contributed by atoms with Crippen LogP contribution in [0.2, 0.25) is 0 Å². The van der Waals surface area contributed by atoms with Crippen LogP contribution in [0.25, 0.3) is 0 Å². The van der Waals surface area contributed by atoms with Crippen molar-refractivity contribution in [3.63, 3.8) is 0 Å². The molecular weight excluding hydrogens is 293 g/mol. The van der Waals surface area contributed by atoms with Crippen LogP contribution in [0.4, 0.5) is 13.2 Å². The molecule has 0 aromatic carbocycles. The number of thiocarbonyl (C=S) groups is 1. The van der Waals surface area contributed by atoms with E-state index in [0.29, 0.717) is 13.2 Å². The number of nitrogens with two attached hydrogens (primary N) is 1. The van der Waals surface area contributed by atoms with Gasteiger partial charge in [-0.2, -0.15) is 13.2 Å². The molecule has 2 rings (SSSR count). The van der Waals surface area contributed by atoms with Gasteiger partial charge >= 0.3 is 6.18 Å². The van der Waals surface area contributed by atoms with Crippen LogP contribution in [0.3, 0.4) is 0 Å². The topological polar surface area (TPSA) is 57.4 Å². The number of ether oxygens (including phenoxy) is 2. The molecule has 1 aliphatic heterocycles. The summed E-state index contributed by atoms with van der Waals surface area (Å²) in [5.74, 6) is -0.0373. The molecule has 0 spiro atoms. The molecule has 1 atom stereocenters. The number of rotatable bonds is 4. The van der Waals surface area contributed by atoms with Gasteiger partial charge in [0.15, 0.2) is 0 Å². The Bertz CT molecular complexity index is 502. The zero-order valence-electron chi connectivity index (χ0n) is 10.4. The fourth-order valence-electron chi connectivity index (χ4n) is 1.81. The van der Waals surface area contributed by atoms with Gasteiger partial charge in [0.1, 0.15) is 10.7 Å². The van der Waals surface area contributed by atoms with E-state index >= 15 is 0 Å². The monoisotopic (exact) mass is 306 g/mol. The van der Waals surface area contributed by atoms with Gasteiger partial charge in [-0.05, 0) is 18.6 Å².